The number of carbonyl (C=O) groups excluding carboxylic acids is 2. The number of aliphatic hydroxyl groups is 2. The Morgan fingerprint density at radius 3 is 2.19 bits per heavy atom. The zero-order valence-electron chi connectivity index (χ0n) is 23.3. The molecule has 6 heteroatoms. The van der Waals surface area contributed by atoms with Crippen molar-refractivity contribution in [2.45, 2.75) is 122 Å². The summed E-state index contributed by atoms with van der Waals surface area (Å²) in [6.45, 7) is 3.84. The van der Waals surface area contributed by atoms with Crippen LogP contribution in [0.15, 0.2) is 48.6 Å². The number of esters is 2. The van der Waals surface area contributed by atoms with Crippen LogP contribution >= 0.6 is 0 Å². The van der Waals surface area contributed by atoms with Gasteiger partial charge in [-0.3, -0.25) is 9.59 Å². The van der Waals surface area contributed by atoms with E-state index in [1.54, 1.807) is 6.08 Å². The average molecular weight is 521 g/mol. The van der Waals surface area contributed by atoms with Gasteiger partial charge in [0, 0.05) is 12.8 Å². The van der Waals surface area contributed by atoms with E-state index < -0.39 is 12.2 Å². The lowest BCUT2D eigenvalue weighted by atomic mass is 10.1. The van der Waals surface area contributed by atoms with Gasteiger partial charge in [-0.2, -0.15) is 0 Å². The molecule has 0 aliphatic carbocycles. The number of carbonyl (C=O) groups is 2. The normalized spacial score (nSPS) is 13.7. The predicted octanol–water partition coefficient (Wildman–Crippen LogP) is 6.91. The Morgan fingerprint density at radius 1 is 0.757 bits per heavy atom. The molecule has 0 fully saturated rings. The third-order valence-corrected chi connectivity index (χ3v) is 5.71. The lowest BCUT2D eigenvalue weighted by Crippen LogP contribution is -2.28. The number of hydrogen-bond donors (Lipinski definition) is 2. The smallest absolute Gasteiger partial charge is 0.306 e. The first kappa shape index (κ1) is 34.8. The van der Waals surface area contributed by atoms with E-state index in [1.807, 2.05) is 24.3 Å². The molecule has 0 rings (SSSR count). The predicted molar refractivity (Wildman–Crippen MR) is 151 cm³/mol. The van der Waals surface area contributed by atoms with E-state index in [-0.39, 0.29) is 31.6 Å². The van der Waals surface area contributed by atoms with E-state index in [1.165, 1.54) is 19.3 Å². The molecule has 0 aromatic carbocycles. The van der Waals surface area contributed by atoms with Crippen molar-refractivity contribution in [3.8, 4) is 0 Å². The fourth-order valence-corrected chi connectivity index (χ4v) is 3.45. The van der Waals surface area contributed by atoms with E-state index in [0.29, 0.717) is 25.7 Å². The summed E-state index contributed by atoms with van der Waals surface area (Å²) in [6.07, 6.45) is 28.0. The molecule has 212 valence electrons. The molecule has 0 spiro atoms. The van der Waals surface area contributed by atoms with Crippen molar-refractivity contribution in [2.75, 3.05) is 13.2 Å². The van der Waals surface area contributed by atoms with Gasteiger partial charge in [0.05, 0.1) is 12.7 Å². The maximum Gasteiger partial charge on any atom is 0.306 e. The van der Waals surface area contributed by atoms with Crippen LogP contribution < -0.4 is 0 Å². The quantitative estimate of drug-likeness (QED) is 0.0622. The molecule has 0 saturated heterocycles. The van der Waals surface area contributed by atoms with Gasteiger partial charge in [0.15, 0.2) is 6.10 Å². The van der Waals surface area contributed by atoms with E-state index in [2.05, 4.69) is 32.1 Å². The van der Waals surface area contributed by atoms with E-state index in [4.69, 9.17) is 9.47 Å². The van der Waals surface area contributed by atoms with Crippen LogP contribution in [0.5, 0.6) is 0 Å². The Morgan fingerprint density at radius 2 is 1.43 bits per heavy atom. The van der Waals surface area contributed by atoms with Crippen LogP contribution in [0.3, 0.4) is 0 Å². The second-order valence-corrected chi connectivity index (χ2v) is 9.32. The molecule has 0 aliphatic rings. The first-order chi connectivity index (χ1) is 18.0. The summed E-state index contributed by atoms with van der Waals surface area (Å²) in [5, 5.41) is 19.3. The highest BCUT2D eigenvalue weighted by atomic mass is 16.6. The fraction of sp³-hybridized carbons (Fsp3) is 0.677. The summed E-state index contributed by atoms with van der Waals surface area (Å²) >= 11 is 0. The first-order valence-corrected chi connectivity index (χ1v) is 14.3. The van der Waals surface area contributed by atoms with Gasteiger partial charge < -0.3 is 19.7 Å². The summed E-state index contributed by atoms with van der Waals surface area (Å²) in [5.41, 5.74) is 0. The molecule has 0 bridgehead atoms. The minimum atomic E-state index is -0.814. The molecule has 0 radical (unpaired) electrons. The summed E-state index contributed by atoms with van der Waals surface area (Å²) in [5.74, 6) is -0.743. The molecule has 6 nitrogen and oxygen atoms in total. The average Bonchev–Trinajstić information content (AvgIpc) is 2.89. The van der Waals surface area contributed by atoms with Crippen LogP contribution in [0.2, 0.25) is 0 Å². The molecular formula is C31H52O6. The monoisotopic (exact) mass is 520 g/mol. The number of unbranched alkanes of at least 4 members (excludes halogenated alkanes) is 8. The van der Waals surface area contributed by atoms with Crippen molar-refractivity contribution in [3.05, 3.63) is 48.6 Å². The summed E-state index contributed by atoms with van der Waals surface area (Å²) in [4.78, 5) is 23.7. The van der Waals surface area contributed by atoms with Crippen LogP contribution in [-0.4, -0.2) is 47.6 Å². The van der Waals surface area contributed by atoms with Gasteiger partial charge in [-0.15, -0.1) is 0 Å². The van der Waals surface area contributed by atoms with Crippen LogP contribution in [0, 0.1) is 0 Å². The number of ether oxygens (including phenoxy) is 2. The largest absolute Gasteiger partial charge is 0.462 e. The molecule has 2 N–H and O–H groups in total. The highest BCUT2D eigenvalue weighted by Gasteiger charge is 2.15. The fourth-order valence-electron chi connectivity index (χ4n) is 3.45. The van der Waals surface area contributed by atoms with Crippen molar-refractivity contribution in [3.63, 3.8) is 0 Å². The van der Waals surface area contributed by atoms with Gasteiger partial charge in [0.2, 0.25) is 0 Å². The van der Waals surface area contributed by atoms with Gasteiger partial charge in [-0.05, 0) is 44.9 Å². The summed E-state index contributed by atoms with van der Waals surface area (Å²) < 4.78 is 10.3. The first-order valence-electron chi connectivity index (χ1n) is 14.3. The molecule has 2 atom stereocenters. The lowest BCUT2D eigenvalue weighted by molar-refractivity contribution is -0.161. The van der Waals surface area contributed by atoms with Crippen LogP contribution in [-0.2, 0) is 19.1 Å². The van der Waals surface area contributed by atoms with Gasteiger partial charge in [-0.1, -0.05) is 101 Å². The van der Waals surface area contributed by atoms with Crippen molar-refractivity contribution in [1.29, 1.82) is 0 Å². The zero-order chi connectivity index (χ0) is 27.4. The summed E-state index contributed by atoms with van der Waals surface area (Å²) in [7, 11) is 0. The van der Waals surface area contributed by atoms with E-state index in [0.717, 1.165) is 44.9 Å². The van der Waals surface area contributed by atoms with Gasteiger partial charge in [-0.25, -0.2) is 0 Å². The van der Waals surface area contributed by atoms with Crippen molar-refractivity contribution in [2.24, 2.45) is 0 Å². The number of aliphatic hydroxyl groups excluding tert-OH is 2. The molecule has 0 aromatic rings. The van der Waals surface area contributed by atoms with E-state index in [9.17, 15) is 19.8 Å². The lowest BCUT2D eigenvalue weighted by Gasteiger charge is -2.15. The molecule has 0 saturated carbocycles. The Labute approximate surface area is 225 Å². The van der Waals surface area contributed by atoms with Gasteiger partial charge in [0.1, 0.15) is 6.61 Å². The van der Waals surface area contributed by atoms with Crippen LogP contribution in [0.25, 0.3) is 0 Å². The molecular weight excluding hydrogens is 468 g/mol. The second kappa shape index (κ2) is 26.9. The standard InChI is InChI=1S/C31H52O6/c1-3-5-7-9-10-11-12-15-18-22-28(33)23-19-16-13-17-20-24-30(34)36-27-29(26-32)37-31(35)25-21-14-8-6-4-2/h10-11,13,15-16,18-19,23,28-29,32-33H,3-9,12,14,17,20-22,24-27H2,1-2H3/b11-10-,16-13+,18-15-,23-19-/t28?,29-/m0/s1. The zero-order valence-corrected chi connectivity index (χ0v) is 23.3. The highest BCUT2D eigenvalue weighted by Crippen LogP contribution is 2.08. The van der Waals surface area contributed by atoms with Crippen LogP contribution in [0.1, 0.15) is 110 Å². The Kier molecular flexibility index (Phi) is 25.3. The van der Waals surface area contributed by atoms with Crippen molar-refractivity contribution < 1.29 is 29.3 Å². The minimum Gasteiger partial charge on any atom is -0.462 e. The third-order valence-electron chi connectivity index (χ3n) is 5.71. The Bertz CT molecular complexity index is 665. The van der Waals surface area contributed by atoms with Crippen LogP contribution in [0.4, 0.5) is 0 Å². The number of allylic oxidation sites excluding steroid dienone is 6. The van der Waals surface area contributed by atoms with Gasteiger partial charge >= 0.3 is 11.9 Å². The van der Waals surface area contributed by atoms with Crippen molar-refractivity contribution >= 4 is 11.9 Å². The Balaban J connectivity index is 3.87. The maximum atomic E-state index is 11.9. The SMILES string of the molecule is CCCCC/C=C\C/C=C\CC(O)/C=C\C=C\CCCC(=O)OC[C@H](CO)OC(=O)CCCCCCC. The third kappa shape index (κ3) is 25.3. The number of rotatable bonds is 24. The molecule has 0 aliphatic heterocycles. The topological polar surface area (TPSA) is 93.1 Å². The molecule has 37 heavy (non-hydrogen) atoms. The Hall–Kier alpha value is -2.18. The maximum absolute atomic E-state index is 11.9. The number of hydrogen-bond acceptors (Lipinski definition) is 6. The molecule has 0 heterocycles. The second-order valence-electron chi connectivity index (χ2n) is 9.32. The van der Waals surface area contributed by atoms with E-state index >= 15 is 0 Å². The van der Waals surface area contributed by atoms with Crippen molar-refractivity contribution in [1.82, 2.24) is 0 Å². The minimum absolute atomic E-state index is 0.128. The summed E-state index contributed by atoms with van der Waals surface area (Å²) in [6, 6.07) is 0. The van der Waals surface area contributed by atoms with Gasteiger partial charge in [0.25, 0.3) is 0 Å². The molecule has 0 aromatic heterocycles. The highest BCUT2D eigenvalue weighted by molar-refractivity contribution is 5.70. The molecule has 0 amide bonds. The molecule has 1 unspecified atom stereocenters.